The van der Waals surface area contributed by atoms with E-state index in [1.807, 2.05) is 16.2 Å². The molecule has 0 saturated carbocycles. The minimum atomic E-state index is 0.741. The van der Waals surface area contributed by atoms with Gasteiger partial charge in [0, 0.05) is 11.3 Å². The lowest BCUT2D eigenvalue weighted by atomic mass is 10.1. The number of quaternary nitrogens is 1. The zero-order chi connectivity index (χ0) is 18.0. The SMILES string of the molecule is Cc1ccc(-n2c(C)nn(C[NH+](C)Cc3ccccc3C)c2=S)cc1. The van der Waals surface area contributed by atoms with E-state index in [2.05, 4.69) is 74.5 Å². The maximum Gasteiger partial charge on any atom is 0.207 e. The van der Waals surface area contributed by atoms with Crippen LogP contribution in [0.5, 0.6) is 0 Å². The molecule has 0 radical (unpaired) electrons. The molecule has 0 aliphatic heterocycles. The second kappa shape index (κ2) is 7.33. The third-order valence-electron chi connectivity index (χ3n) is 4.47. The van der Waals surface area contributed by atoms with Crippen LogP contribution in [0.3, 0.4) is 0 Å². The van der Waals surface area contributed by atoms with E-state index in [0.717, 1.165) is 29.5 Å². The summed E-state index contributed by atoms with van der Waals surface area (Å²) in [7, 11) is 2.18. The molecule has 0 aliphatic carbocycles. The summed E-state index contributed by atoms with van der Waals surface area (Å²) in [5, 5.41) is 4.67. The summed E-state index contributed by atoms with van der Waals surface area (Å²) in [6.07, 6.45) is 0. The van der Waals surface area contributed by atoms with Crippen LogP contribution in [-0.2, 0) is 13.2 Å². The van der Waals surface area contributed by atoms with E-state index in [4.69, 9.17) is 12.2 Å². The first kappa shape index (κ1) is 17.6. The second-order valence-corrected chi connectivity index (χ2v) is 7.08. The average Bonchev–Trinajstić information content (AvgIpc) is 2.84. The fraction of sp³-hybridized carbons (Fsp3) is 0.300. The summed E-state index contributed by atoms with van der Waals surface area (Å²) in [6.45, 7) is 7.94. The molecule has 3 aromatic rings. The van der Waals surface area contributed by atoms with Gasteiger partial charge in [-0.2, -0.15) is 9.78 Å². The van der Waals surface area contributed by atoms with Gasteiger partial charge in [0.15, 0.2) is 6.67 Å². The lowest BCUT2D eigenvalue weighted by Crippen LogP contribution is -3.07. The summed E-state index contributed by atoms with van der Waals surface area (Å²) in [4.78, 5) is 1.35. The van der Waals surface area contributed by atoms with E-state index in [-0.39, 0.29) is 0 Å². The van der Waals surface area contributed by atoms with Gasteiger partial charge in [0.2, 0.25) is 4.77 Å². The normalized spacial score (nSPS) is 12.3. The van der Waals surface area contributed by atoms with Gasteiger partial charge in [0.05, 0.1) is 7.05 Å². The molecule has 1 atom stereocenters. The Morgan fingerprint density at radius 1 is 1.00 bits per heavy atom. The van der Waals surface area contributed by atoms with Crippen LogP contribution in [0.2, 0.25) is 0 Å². The van der Waals surface area contributed by atoms with Crippen molar-refractivity contribution in [3.63, 3.8) is 0 Å². The van der Waals surface area contributed by atoms with Crippen molar-refractivity contribution < 1.29 is 4.90 Å². The van der Waals surface area contributed by atoms with E-state index < -0.39 is 0 Å². The Morgan fingerprint density at radius 2 is 1.68 bits per heavy atom. The van der Waals surface area contributed by atoms with Crippen molar-refractivity contribution in [1.82, 2.24) is 14.3 Å². The molecule has 2 aromatic carbocycles. The van der Waals surface area contributed by atoms with E-state index in [1.54, 1.807) is 0 Å². The third kappa shape index (κ3) is 3.89. The molecule has 5 heteroatoms. The number of nitrogens with one attached hydrogen (secondary N) is 1. The Morgan fingerprint density at radius 3 is 2.36 bits per heavy atom. The Balaban J connectivity index is 1.82. The van der Waals surface area contributed by atoms with Gasteiger partial charge < -0.3 is 4.90 Å². The molecule has 0 amide bonds. The Bertz CT molecular complexity index is 922. The van der Waals surface area contributed by atoms with Crippen molar-refractivity contribution >= 4 is 12.2 Å². The minimum Gasteiger partial charge on any atom is -0.315 e. The highest BCUT2D eigenvalue weighted by molar-refractivity contribution is 7.71. The van der Waals surface area contributed by atoms with Gasteiger partial charge in [-0.15, -0.1) is 0 Å². The van der Waals surface area contributed by atoms with E-state index >= 15 is 0 Å². The predicted octanol–water partition coefficient (Wildman–Crippen LogP) is 3.00. The molecule has 0 fully saturated rings. The molecular weight excluding hydrogens is 328 g/mol. The average molecular weight is 354 g/mol. The molecular formula is C20H25N4S+. The molecule has 3 rings (SSSR count). The summed E-state index contributed by atoms with van der Waals surface area (Å²) in [5.74, 6) is 0.914. The molecule has 1 N–H and O–H groups in total. The summed E-state index contributed by atoms with van der Waals surface area (Å²) in [5.41, 5.74) is 4.99. The molecule has 0 bridgehead atoms. The van der Waals surface area contributed by atoms with Gasteiger partial charge in [-0.05, 0) is 50.7 Å². The fourth-order valence-corrected chi connectivity index (χ4v) is 3.40. The van der Waals surface area contributed by atoms with Crippen LogP contribution in [0.4, 0.5) is 0 Å². The minimum absolute atomic E-state index is 0.741. The lowest BCUT2D eigenvalue weighted by molar-refractivity contribution is -0.917. The van der Waals surface area contributed by atoms with Gasteiger partial charge in [-0.25, -0.2) is 0 Å². The first-order chi connectivity index (χ1) is 12.0. The first-order valence-corrected chi connectivity index (χ1v) is 8.96. The molecule has 0 spiro atoms. The van der Waals surface area contributed by atoms with Crippen molar-refractivity contribution in [1.29, 1.82) is 0 Å². The fourth-order valence-electron chi connectivity index (χ4n) is 3.06. The maximum absolute atomic E-state index is 5.69. The summed E-state index contributed by atoms with van der Waals surface area (Å²) in [6, 6.07) is 16.9. The standard InChI is InChI=1S/C20H24N4S/c1-15-9-11-19(12-10-15)24-17(3)21-23(20(24)25)14-22(4)13-18-8-6-5-7-16(18)2/h5-12H,13-14H2,1-4H3/p+1. The molecule has 4 nitrogen and oxygen atoms in total. The maximum atomic E-state index is 5.69. The summed E-state index contributed by atoms with van der Waals surface area (Å²) < 4.78 is 4.71. The number of hydrogen-bond acceptors (Lipinski definition) is 2. The molecule has 1 aromatic heterocycles. The highest BCUT2D eigenvalue weighted by Crippen LogP contribution is 2.13. The van der Waals surface area contributed by atoms with Gasteiger partial charge in [-0.1, -0.05) is 42.0 Å². The van der Waals surface area contributed by atoms with Crippen LogP contribution < -0.4 is 4.90 Å². The Labute approximate surface area is 154 Å². The van der Waals surface area contributed by atoms with Crippen LogP contribution in [0.1, 0.15) is 22.5 Å². The Kier molecular flexibility index (Phi) is 5.16. The predicted molar refractivity (Wildman–Crippen MR) is 104 cm³/mol. The van der Waals surface area contributed by atoms with Crippen LogP contribution in [0.15, 0.2) is 48.5 Å². The van der Waals surface area contributed by atoms with Crippen LogP contribution in [0, 0.1) is 25.5 Å². The van der Waals surface area contributed by atoms with Gasteiger partial charge >= 0.3 is 0 Å². The van der Waals surface area contributed by atoms with Crippen molar-refractivity contribution in [2.45, 2.75) is 34.0 Å². The number of hydrogen-bond donors (Lipinski definition) is 1. The second-order valence-electron chi connectivity index (χ2n) is 6.72. The molecule has 0 saturated heterocycles. The largest absolute Gasteiger partial charge is 0.315 e. The third-order valence-corrected chi connectivity index (χ3v) is 4.86. The topological polar surface area (TPSA) is 27.2 Å². The number of rotatable bonds is 5. The van der Waals surface area contributed by atoms with Crippen molar-refractivity contribution in [2.75, 3.05) is 7.05 Å². The first-order valence-electron chi connectivity index (χ1n) is 8.55. The highest BCUT2D eigenvalue weighted by Gasteiger charge is 2.13. The van der Waals surface area contributed by atoms with Crippen LogP contribution in [0.25, 0.3) is 5.69 Å². The lowest BCUT2D eigenvalue weighted by Gasteiger charge is -2.15. The van der Waals surface area contributed by atoms with Crippen LogP contribution >= 0.6 is 12.2 Å². The number of benzene rings is 2. The van der Waals surface area contributed by atoms with E-state index in [9.17, 15) is 0 Å². The van der Waals surface area contributed by atoms with Gasteiger partial charge in [0.1, 0.15) is 12.4 Å². The quantitative estimate of drug-likeness (QED) is 0.714. The molecule has 0 aliphatic rings. The van der Waals surface area contributed by atoms with E-state index in [0.29, 0.717) is 0 Å². The zero-order valence-corrected chi connectivity index (χ0v) is 16.1. The van der Waals surface area contributed by atoms with Gasteiger partial charge in [-0.3, -0.25) is 4.57 Å². The molecule has 25 heavy (non-hydrogen) atoms. The summed E-state index contributed by atoms with van der Waals surface area (Å²) >= 11 is 5.69. The molecule has 130 valence electrons. The number of aromatic nitrogens is 3. The van der Waals surface area contributed by atoms with Crippen molar-refractivity contribution in [3.05, 3.63) is 75.8 Å². The molecule has 1 heterocycles. The van der Waals surface area contributed by atoms with Crippen molar-refractivity contribution in [2.24, 2.45) is 0 Å². The monoisotopic (exact) mass is 353 g/mol. The highest BCUT2D eigenvalue weighted by atomic mass is 32.1. The van der Waals surface area contributed by atoms with E-state index in [1.165, 1.54) is 21.6 Å². The Hall–Kier alpha value is -2.24. The van der Waals surface area contributed by atoms with Crippen molar-refractivity contribution in [3.8, 4) is 5.69 Å². The number of nitrogens with zero attached hydrogens (tertiary/aromatic N) is 3. The van der Waals surface area contributed by atoms with Crippen LogP contribution in [-0.4, -0.2) is 21.4 Å². The smallest absolute Gasteiger partial charge is 0.207 e. The zero-order valence-electron chi connectivity index (χ0n) is 15.3. The number of aryl methyl sites for hydroxylation is 3. The van der Waals surface area contributed by atoms with Gasteiger partial charge in [0.25, 0.3) is 0 Å². The molecule has 1 unspecified atom stereocenters.